The second kappa shape index (κ2) is 21.4. The standard InChI is InChI=1S/C16H24N6O2.C14H25N3O3.C6H4Cl2N2O2.B/c1-20(2)16(24)12-7-14(19-10-18-12)21-8-11(17)13(9-21)22-6-4-3-5-15(22)23;1-14(2,3)20-13(19)16-10-8-15-9-11(10)17-7-5-4-6-12(17)18;1-12-5(11)3-2-4(7)10-6(8)9-3;/h7,10-11,13H,3-6,8-9,17H2,1-2H3;10-11,15H,4-9H2,1-3H3,(H,16,19);2H,1H3;/t11-,13-;10-,11-;;/m00../s1. The fourth-order valence-electron chi connectivity index (χ4n) is 6.75. The van der Waals surface area contributed by atoms with Gasteiger partial charge in [-0.2, -0.15) is 0 Å². The second-order valence-electron chi connectivity index (χ2n) is 15.0. The summed E-state index contributed by atoms with van der Waals surface area (Å²) in [4.78, 5) is 81.8. The maximum Gasteiger partial charge on any atom is 0.407 e. The SMILES string of the molecule is CC(C)(C)OC(=O)N[C@H]1CNC[C@@H]1N1CCCCC1=O.CN(C)C(=O)c1cc(N2C[C@H](N)[C@@H](N3CCCCC3=O)C2)ncn1.COC(=O)c1cc(Cl)nc(Cl)n1.[B]. The second-order valence-corrected chi connectivity index (χ2v) is 15.7. The van der Waals surface area contributed by atoms with Crippen LogP contribution in [0.25, 0.3) is 0 Å². The zero-order chi connectivity index (χ0) is 41.2. The van der Waals surface area contributed by atoms with Crippen LogP contribution in [0.1, 0.15) is 80.3 Å². The largest absolute Gasteiger partial charge is 0.464 e. The van der Waals surface area contributed by atoms with E-state index in [4.69, 9.17) is 33.7 Å². The van der Waals surface area contributed by atoms with Crippen molar-refractivity contribution in [2.75, 3.05) is 65.4 Å². The minimum Gasteiger partial charge on any atom is -0.464 e. The number of nitrogens with two attached hydrogens (primary N) is 1. The monoisotopic (exact) mass is 832 g/mol. The number of methoxy groups -OCH3 is 1. The highest BCUT2D eigenvalue weighted by Crippen LogP contribution is 2.25. The van der Waals surface area contributed by atoms with Gasteiger partial charge in [0.15, 0.2) is 5.69 Å². The van der Waals surface area contributed by atoms with Crippen molar-refractivity contribution in [3.05, 3.63) is 40.3 Å². The van der Waals surface area contributed by atoms with Crippen molar-refractivity contribution < 1.29 is 33.4 Å². The number of nitrogens with zero attached hydrogens (tertiary/aromatic N) is 8. The Hall–Kier alpha value is -4.33. The number of hydrogen-bond donors (Lipinski definition) is 3. The zero-order valence-corrected chi connectivity index (χ0v) is 34.9. The van der Waals surface area contributed by atoms with E-state index in [9.17, 15) is 24.0 Å². The summed E-state index contributed by atoms with van der Waals surface area (Å²) in [5, 5.41) is 6.16. The fourth-order valence-corrected chi connectivity index (χ4v) is 7.16. The van der Waals surface area contributed by atoms with E-state index in [0.717, 1.165) is 45.3 Å². The molecular weight excluding hydrogens is 780 g/mol. The van der Waals surface area contributed by atoms with Crippen LogP contribution in [0.5, 0.6) is 0 Å². The minimum absolute atomic E-state index is 0. The summed E-state index contributed by atoms with van der Waals surface area (Å²) in [6.45, 7) is 9.73. The molecule has 4 amide bonds. The number of hydrogen-bond acceptors (Lipinski definition) is 14. The number of piperidine rings is 2. The molecule has 4 atom stereocenters. The Morgan fingerprint density at radius 2 is 1.54 bits per heavy atom. The molecule has 0 saturated carbocycles. The van der Waals surface area contributed by atoms with Crippen molar-refractivity contribution in [1.29, 1.82) is 0 Å². The lowest BCUT2D eigenvalue weighted by atomic mass is 10.0. The number of nitrogens with one attached hydrogen (secondary N) is 2. The van der Waals surface area contributed by atoms with E-state index in [1.54, 1.807) is 20.2 Å². The molecular formula is C36H53BCl2N11O7. The molecule has 0 unspecified atom stereocenters. The van der Waals surface area contributed by atoms with Gasteiger partial charge in [-0.05, 0) is 58.1 Å². The number of ether oxygens (including phenoxy) is 2. The molecule has 4 fully saturated rings. The van der Waals surface area contributed by atoms with E-state index in [0.29, 0.717) is 44.0 Å². The highest BCUT2D eigenvalue weighted by atomic mass is 35.5. The average molecular weight is 834 g/mol. The smallest absolute Gasteiger partial charge is 0.407 e. The number of rotatable bonds is 6. The molecule has 18 nitrogen and oxygen atoms in total. The molecule has 4 saturated heterocycles. The number of esters is 1. The van der Waals surface area contributed by atoms with Gasteiger partial charge in [0.2, 0.25) is 17.1 Å². The lowest BCUT2D eigenvalue weighted by Gasteiger charge is -2.35. The van der Waals surface area contributed by atoms with Crippen LogP contribution < -0.4 is 21.3 Å². The fraction of sp³-hybridized carbons (Fsp3) is 0.639. The molecule has 4 aliphatic heterocycles. The van der Waals surface area contributed by atoms with Crippen LogP contribution in [-0.4, -0.2) is 163 Å². The molecule has 0 bridgehead atoms. The summed E-state index contributed by atoms with van der Waals surface area (Å²) in [6.07, 6.45) is 6.22. The molecule has 0 aromatic carbocycles. The molecule has 6 rings (SSSR count). The summed E-state index contributed by atoms with van der Waals surface area (Å²) in [5.74, 6) is 0.305. The van der Waals surface area contributed by atoms with E-state index in [1.165, 1.54) is 24.4 Å². The first kappa shape index (κ1) is 47.1. The van der Waals surface area contributed by atoms with Gasteiger partial charge in [-0.1, -0.05) is 11.6 Å². The third kappa shape index (κ3) is 13.6. The van der Waals surface area contributed by atoms with Gasteiger partial charge in [-0.25, -0.2) is 29.5 Å². The first-order valence-corrected chi connectivity index (χ1v) is 19.3. The number of carbonyl (C=O) groups excluding carboxylic acids is 5. The van der Waals surface area contributed by atoms with Crippen LogP contribution in [0.4, 0.5) is 10.6 Å². The molecule has 21 heteroatoms. The summed E-state index contributed by atoms with van der Waals surface area (Å²) in [5.41, 5.74) is 6.19. The number of carbonyl (C=O) groups is 5. The molecule has 2 aromatic heterocycles. The lowest BCUT2D eigenvalue weighted by molar-refractivity contribution is -0.136. The summed E-state index contributed by atoms with van der Waals surface area (Å²) in [7, 11) is 4.62. The van der Waals surface area contributed by atoms with E-state index in [1.807, 2.05) is 35.5 Å². The van der Waals surface area contributed by atoms with Crippen LogP contribution in [-0.2, 0) is 19.1 Å². The van der Waals surface area contributed by atoms with Crippen LogP contribution in [0.15, 0.2) is 18.5 Å². The normalized spacial score (nSPS) is 21.9. The Morgan fingerprint density at radius 1 is 0.912 bits per heavy atom. The van der Waals surface area contributed by atoms with Crippen LogP contribution in [0.3, 0.4) is 0 Å². The predicted molar refractivity (Wildman–Crippen MR) is 214 cm³/mol. The number of aromatic nitrogens is 4. The highest BCUT2D eigenvalue weighted by Gasteiger charge is 2.39. The van der Waals surface area contributed by atoms with Gasteiger partial charge in [-0.3, -0.25) is 14.4 Å². The number of halogens is 2. The Kier molecular flexibility index (Phi) is 17.7. The summed E-state index contributed by atoms with van der Waals surface area (Å²) in [6, 6.07) is 2.81. The maximum atomic E-state index is 12.2. The number of alkyl carbamates (subject to hydrolysis) is 1. The maximum absolute atomic E-state index is 12.2. The molecule has 6 heterocycles. The molecule has 3 radical (unpaired) electrons. The van der Waals surface area contributed by atoms with Crippen molar-refractivity contribution in [1.82, 2.24) is 45.3 Å². The number of anilines is 1. The molecule has 4 N–H and O–H groups in total. The predicted octanol–water partition coefficient (Wildman–Crippen LogP) is 1.76. The Labute approximate surface area is 345 Å². The minimum atomic E-state index is -0.596. The molecule has 0 spiro atoms. The average Bonchev–Trinajstić information content (AvgIpc) is 3.76. The van der Waals surface area contributed by atoms with Gasteiger partial charge >= 0.3 is 12.1 Å². The quantitative estimate of drug-likeness (QED) is 0.164. The Bertz CT molecular complexity index is 1700. The van der Waals surface area contributed by atoms with E-state index < -0.39 is 17.7 Å². The van der Waals surface area contributed by atoms with Gasteiger partial charge in [0.05, 0.1) is 25.2 Å². The first-order chi connectivity index (χ1) is 26.5. The summed E-state index contributed by atoms with van der Waals surface area (Å²) < 4.78 is 9.68. The van der Waals surface area contributed by atoms with E-state index in [2.05, 4.69) is 35.3 Å². The molecule has 311 valence electrons. The van der Waals surface area contributed by atoms with Crippen molar-refractivity contribution >= 4 is 67.2 Å². The van der Waals surface area contributed by atoms with Gasteiger partial charge in [-0.15, -0.1) is 0 Å². The van der Waals surface area contributed by atoms with Gasteiger partial charge < -0.3 is 45.4 Å². The topological polar surface area (TPSA) is 218 Å². The van der Waals surface area contributed by atoms with Crippen molar-refractivity contribution in [2.45, 2.75) is 89.1 Å². The number of likely N-dealkylation sites (tertiary alicyclic amines) is 2. The Morgan fingerprint density at radius 3 is 2.11 bits per heavy atom. The number of amides is 4. The van der Waals surface area contributed by atoms with Crippen molar-refractivity contribution in [3.63, 3.8) is 0 Å². The third-order valence-electron chi connectivity index (χ3n) is 9.40. The van der Waals surface area contributed by atoms with Crippen molar-refractivity contribution in [2.24, 2.45) is 5.73 Å². The van der Waals surface area contributed by atoms with E-state index in [-0.39, 0.29) is 66.4 Å². The van der Waals surface area contributed by atoms with Crippen LogP contribution in [0.2, 0.25) is 10.4 Å². The lowest BCUT2D eigenvalue weighted by Crippen LogP contribution is -2.54. The first-order valence-electron chi connectivity index (χ1n) is 18.6. The highest BCUT2D eigenvalue weighted by molar-refractivity contribution is 6.32. The molecule has 0 aliphatic carbocycles. The molecule has 4 aliphatic rings. The van der Waals surface area contributed by atoms with Gasteiger partial charge in [0.1, 0.15) is 28.6 Å². The Balaban J connectivity index is 0.000000239. The molecule has 57 heavy (non-hydrogen) atoms. The van der Waals surface area contributed by atoms with Gasteiger partial charge in [0, 0.05) is 92.8 Å². The summed E-state index contributed by atoms with van der Waals surface area (Å²) >= 11 is 10.9. The van der Waals surface area contributed by atoms with Crippen LogP contribution >= 0.6 is 23.2 Å². The van der Waals surface area contributed by atoms with E-state index >= 15 is 0 Å². The van der Waals surface area contributed by atoms with Crippen LogP contribution in [0, 0.1) is 0 Å². The zero-order valence-electron chi connectivity index (χ0n) is 33.4. The molecule has 2 aromatic rings. The third-order valence-corrected chi connectivity index (χ3v) is 9.76. The van der Waals surface area contributed by atoms with Crippen molar-refractivity contribution in [3.8, 4) is 0 Å². The van der Waals surface area contributed by atoms with Gasteiger partial charge in [0.25, 0.3) is 5.91 Å².